The van der Waals surface area contributed by atoms with Crippen molar-refractivity contribution in [2.75, 3.05) is 18.9 Å². The third-order valence-corrected chi connectivity index (χ3v) is 6.68. The second kappa shape index (κ2) is 6.41. The van der Waals surface area contributed by atoms with E-state index < -0.39 is 0 Å². The van der Waals surface area contributed by atoms with E-state index in [1.54, 1.807) is 11.3 Å². The molecule has 5 nitrogen and oxygen atoms in total. The van der Waals surface area contributed by atoms with Crippen molar-refractivity contribution in [2.24, 2.45) is 0 Å². The SMILES string of the molecule is C[NH+]1CCc2c(sc3c2C(=O)N[C@@H](c2ccc(-c4ccccc4Cl)o2)N3)C1. The van der Waals surface area contributed by atoms with Gasteiger partial charge in [0.05, 0.1) is 29.1 Å². The van der Waals surface area contributed by atoms with Crippen molar-refractivity contribution < 1.29 is 14.1 Å². The number of carbonyl (C=O) groups excluding carboxylic acids is 1. The minimum Gasteiger partial charge on any atom is -0.457 e. The van der Waals surface area contributed by atoms with Crippen LogP contribution in [0.4, 0.5) is 5.00 Å². The molecule has 0 saturated heterocycles. The highest BCUT2D eigenvalue weighted by Gasteiger charge is 2.34. The van der Waals surface area contributed by atoms with Crippen molar-refractivity contribution in [1.82, 2.24) is 5.32 Å². The van der Waals surface area contributed by atoms with Gasteiger partial charge in [-0.05, 0) is 29.8 Å². The summed E-state index contributed by atoms with van der Waals surface area (Å²) in [5.41, 5.74) is 2.86. The van der Waals surface area contributed by atoms with Gasteiger partial charge in [0.1, 0.15) is 23.1 Å². The Kier molecular flexibility index (Phi) is 4.00. The Balaban J connectivity index is 1.46. The van der Waals surface area contributed by atoms with Crippen molar-refractivity contribution in [1.29, 1.82) is 0 Å². The Morgan fingerprint density at radius 2 is 2.07 bits per heavy atom. The first-order valence-corrected chi connectivity index (χ1v) is 10.2. The van der Waals surface area contributed by atoms with Crippen molar-refractivity contribution in [3.63, 3.8) is 0 Å². The van der Waals surface area contributed by atoms with E-state index in [2.05, 4.69) is 17.7 Å². The van der Waals surface area contributed by atoms with Gasteiger partial charge in [-0.2, -0.15) is 0 Å². The summed E-state index contributed by atoms with van der Waals surface area (Å²) in [5, 5.41) is 8.07. The quantitative estimate of drug-likeness (QED) is 0.619. The number of hydrogen-bond donors (Lipinski definition) is 3. The topological polar surface area (TPSA) is 58.7 Å². The minimum absolute atomic E-state index is 0.0264. The number of hydrogen-bond acceptors (Lipinski definition) is 4. The van der Waals surface area contributed by atoms with Gasteiger partial charge in [-0.3, -0.25) is 4.79 Å². The number of amides is 1. The molecule has 1 aromatic carbocycles. The average molecular weight is 401 g/mol. The van der Waals surface area contributed by atoms with Crippen LogP contribution in [0.2, 0.25) is 5.02 Å². The first kappa shape index (κ1) is 16.9. The third kappa shape index (κ3) is 2.84. The molecule has 0 spiro atoms. The number of halogens is 1. The lowest BCUT2D eigenvalue weighted by atomic mass is 10.0. The number of benzene rings is 1. The molecule has 1 amide bonds. The van der Waals surface area contributed by atoms with E-state index in [9.17, 15) is 4.79 Å². The third-order valence-electron chi connectivity index (χ3n) is 5.18. The number of thiophene rings is 1. The van der Waals surface area contributed by atoms with Crippen molar-refractivity contribution >= 4 is 33.8 Å². The molecule has 3 aromatic rings. The van der Waals surface area contributed by atoms with Gasteiger partial charge in [-0.15, -0.1) is 11.3 Å². The molecule has 3 N–H and O–H groups in total. The highest BCUT2D eigenvalue weighted by atomic mass is 35.5. The van der Waals surface area contributed by atoms with Gasteiger partial charge in [0.25, 0.3) is 5.91 Å². The summed E-state index contributed by atoms with van der Waals surface area (Å²) in [4.78, 5) is 15.6. The molecule has 138 valence electrons. The fourth-order valence-electron chi connectivity index (χ4n) is 3.79. The van der Waals surface area contributed by atoms with Crippen LogP contribution in [0.3, 0.4) is 0 Å². The lowest BCUT2D eigenvalue weighted by molar-refractivity contribution is -0.895. The van der Waals surface area contributed by atoms with Gasteiger partial charge in [0.15, 0.2) is 6.17 Å². The van der Waals surface area contributed by atoms with E-state index in [0.717, 1.165) is 35.6 Å². The van der Waals surface area contributed by atoms with Crippen molar-refractivity contribution in [3.8, 4) is 11.3 Å². The molecule has 0 bridgehead atoms. The zero-order valence-corrected chi connectivity index (χ0v) is 16.3. The standard InChI is InChI=1S/C20H18ClN3O2S/c1-24-9-8-12-16(10-24)27-20-17(12)19(25)22-18(23-20)15-7-6-14(26-15)11-4-2-3-5-13(11)21/h2-7,18,23H,8-10H2,1H3,(H,22,25)/p+1/t18-/m1/s1. The molecule has 7 heteroatoms. The number of anilines is 1. The molecule has 1 unspecified atom stereocenters. The van der Waals surface area contributed by atoms with Crippen molar-refractivity contribution in [3.05, 3.63) is 63.2 Å². The second-order valence-corrected chi connectivity index (χ2v) is 8.59. The van der Waals surface area contributed by atoms with Crippen LogP contribution in [-0.2, 0) is 13.0 Å². The summed E-state index contributed by atoms with van der Waals surface area (Å²) < 4.78 is 6.01. The lowest BCUT2D eigenvalue weighted by Crippen LogP contribution is -3.08. The maximum absolute atomic E-state index is 12.8. The Hall–Kier alpha value is -2.28. The largest absolute Gasteiger partial charge is 0.457 e. The highest BCUT2D eigenvalue weighted by molar-refractivity contribution is 7.16. The van der Waals surface area contributed by atoms with E-state index in [1.165, 1.54) is 15.3 Å². The fourth-order valence-corrected chi connectivity index (χ4v) is 5.40. The van der Waals surface area contributed by atoms with Crippen LogP contribution in [-0.4, -0.2) is 19.5 Å². The van der Waals surface area contributed by atoms with Crippen LogP contribution in [0.1, 0.15) is 32.7 Å². The van der Waals surface area contributed by atoms with Gasteiger partial charge in [-0.25, -0.2) is 0 Å². The fraction of sp³-hybridized carbons (Fsp3) is 0.250. The van der Waals surface area contributed by atoms with Crippen LogP contribution < -0.4 is 15.5 Å². The zero-order chi connectivity index (χ0) is 18.5. The molecule has 4 heterocycles. The molecule has 0 fully saturated rings. The molecule has 2 aromatic heterocycles. The molecule has 5 rings (SSSR count). The summed E-state index contributed by atoms with van der Waals surface area (Å²) in [7, 11) is 2.19. The Labute approximate surface area is 165 Å². The lowest BCUT2D eigenvalue weighted by Gasteiger charge is -2.25. The smallest absolute Gasteiger partial charge is 0.256 e. The van der Waals surface area contributed by atoms with Gasteiger partial charge in [-0.1, -0.05) is 23.7 Å². The average Bonchev–Trinajstić information content (AvgIpc) is 3.26. The van der Waals surface area contributed by atoms with Gasteiger partial charge in [0, 0.05) is 12.0 Å². The van der Waals surface area contributed by atoms with Crippen LogP contribution in [0.5, 0.6) is 0 Å². The predicted molar refractivity (Wildman–Crippen MR) is 106 cm³/mol. The normalized spacial score (nSPS) is 21.2. The first-order valence-electron chi connectivity index (χ1n) is 8.98. The number of nitrogens with one attached hydrogen (secondary N) is 3. The van der Waals surface area contributed by atoms with Crippen LogP contribution >= 0.6 is 22.9 Å². The van der Waals surface area contributed by atoms with E-state index >= 15 is 0 Å². The maximum atomic E-state index is 12.8. The highest BCUT2D eigenvalue weighted by Crippen LogP contribution is 2.40. The number of quaternary nitrogens is 1. The van der Waals surface area contributed by atoms with Crippen LogP contribution in [0.25, 0.3) is 11.3 Å². The molecule has 2 aliphatic heterocycles. The molecule has 0 saturated carbocycles. The Morgan fingerprint density at radius 3 is 2.93 bits per heavy atom. The minimum atomic E-state index is -0.383. The molecule has 27 heavy (non-hydrogen) atoms. The first-order chi connectivity index (χ1) is 13.1. The summed E-state index contributed by atoms with van der Waals surface area (Å²) in [5.74, 6) is 1.33. The predicted octanol–water partition coefficient (Wildman–Crippen LogP) is 3.09. The summed E-state index contributed by atoms with van der Waals surface area (Å²) >= 11 is 7.96. The summed E-state index contributed by atoms with van der Waals surface area (Å²) in [6.07, 6.45) is 0.566. The van der Waals surface area contributed by atoms with E-state index in [1.807, 2.05) is 36.4 Å². The molecule has 2 aliphatic rings. The maximum Gasteiger partial charge on any atom is 0.256 e. The van der Waals surface area contributed by atoms with E-state index in [0.29, 0.717) is 16.5 Å². The van der Waals surface area contributed by atoms with Crippen LogP contribution in [0, 0.1) is 0 Å². The molecule has 2 atom stereocenters. The number of likely N-dealkylation sites (N-methyl/N-ethyl adjacent to an activating group) is 1. The number of furan rings is 1. The molecule has 0 radical (unpaired) electrons. The molecule has 0 aliphatic carbocycles. The number of carbonyl (C=O) groups is 1. The Morgan fingerprint density at radius 1 is 1.22 bits per heavy atom. The van der Waals surface area contributed by atoms with Gasteiger partial charge < -0.3 is 20.0 Å². The van der Waals surface area contributed by atoms with Gasteiger partial charge in [0.2, 0.25) is 0 Å². The number of fused-ring (bicyclic) bond motifs is 3. The summed E-state index contributed by atoms with van der Waals surface area (Å²) in [6, 6.07) is 11.3. The van der Waals surface area contributed by atoms with Crippen LogP contribution in [0.15, 0.2) is 40.8 Å². The summed E-state index contributed by atoms with van der Waals surface area (Å²) in [6.45, 7) is 2.04. The number of rotatable bonds is 2. The van der Waals surface area contributed by atoms with E-state index in [4.69, 9.17) is 16.0 Å². The second-order valence-electron chi connectivity index (χ2n) is 7.07. The van der Waals surface area contributed by atoms with Gasteiger partial charge >= 0.3 is 0 Å². The van der Waals surface area contributed by atoms with Crippen molar-refractivity contribution in [2.45, 2.75) is 19.1 Å². The molecular weight excluding hydrogens is 382 g/mol. The molecular formula is C20H19ClN3O2S+. The Bertz CT molecular complexity index is 1040. The van der Waals surface area contributed by atoms with E-state index in [-0.39, 0.29) is 12.1 Å². The monoisotopic (exact) mass is 400 g/mol. The zero-order valence-electron chi connectivity index (χ0n) is 14.8.